The second-order valence-electron chi connectivity index (χ2n) is 8.97. The zero-order chi connectivity index (χ0) is 23.4. The van der Waals surface area contributed by atoms with E-state index in [0.717, 1.165) is 5.57 Å². The van der Waals surface area contributed by atoms with Crippen LogP contribution in [0.15, 0.2) is 45.3 Å². The van der Waals surface area contributed by atoms with E-state index in [1.54, 1.807) is 13.8 Å². The van der Waals surface area contributed by atoms with E-state index in [1.165, 1.54) is 24.5 Å². The number of ether oxygens (including phenoxy) is 1. The molecule has 168 valence electrons. The Labute approximate surface area is 184 Å². The second-order valence-corrected chi connectivity index (χ2v) is 8.97. The lowest BCUT2D eigenvalue weighted by Crippen LogP contribution is -2.39. The van der Waals surface area contributed by atoms with Crippen LogP contribution in [-0.4, -0.2) is 32.1 Å². The molecule has 1 aliphatic heterocycles. The van der Waals surface area contributed by atoms with Crippen molar-refractivity contribution in [2.45, 2.75) is 52.2 Å². The molecule has 4 rings (SSSR count). The molecule has 0 radical (unpaired) electrons. The normalized spacial score (nSPS) is 15.5. The Morgan fingerprint density at radius 2 is 1.91 bits per heavy atom. The second kappa shape index (κ2) is 7.60. The van der Waals surface area contributed by atoms with Gasteiger partial charge in [-0.1, -0.05) is 17.7 Å². The lowest BCUT2D eigenvalue weighted by atomic mass is 9.93. The van der Waals surface area contributed by atoms with Crippen molar-refractivity contribution >= 4 is 11.0 Å². The van der Waals surface area contributed by atoms with Crippen LogP contribution in [0.2, 0.25) is 0 Å². The molecule has 2 aromatic carbocycles. The third-order valence-corrected chi connectivity index (χ3v) is 5.78. The molecule has 0 bridgehead atoms. The average Bonchev–Trinajstić information content (AvgIpc) is 3.16. The molecule has 1 aromatic heterocycles. The third kappa shape index (κ3) is 3.58. The van der Waals surface area contributed by atoms with Crippen LogP contribution in [0.5, 0.6) is 23.0 Å². The molecule has 0 saturated heterocycles. The van der Waals surface area contributed by atoms with E-state index >= 15 is 0 Å². The monoisotopic (exact) mass is 438 g/mol. The Kier molecular flexibility index (Phi) is 5.17. The molecule has 1 atom stereocenters. The minimum absolute atomic E-state index is 0.0194. The van der Waals surface area contributed by atoms with Crippen LogP contribution in [0, 0.1) is 0 Å². The average molecular weight is 438 g/mol. The zero-order valence-electron chi connectivity index (χ0n) is 18.4. The first kappa shape index (κ1) is 21.8. The summed E-state index contributed by atoms with van der Waals surface area (Å²) in [5.74, 6) is -0.483. The van der Waals surface area contributed by atoms with Crippen LogP contribution in [-0.2, 0) is 12.8 Å². The van der Waals surface area contributed by atoms with Gasteiger partial charge in [-0.2, -0.15) is 0 Å². The number of phenolic OH excluding ortho intramolecular Hbond substituents is 3. The molecular weight excluding hydrogens is 412 g/mol. The van der Waals surface area contributed by atoms with Gasteiger partial charge in [0.15, 0.2) is 11.5 Å². The van der Waals surface area contributed by atoms with E-state index in [9.17, 15) is 25.2 Å². The fourth-order valence-electron chi connectivity index (χ4n) is 3.93. The Balaban J connectivity index is 2.00. The lowest BCUT2D eigenvalue weighted by molar-refractivity contribution is -0.0232. The molecular formula is C25H26O7. The van der Waals surface area contributed by atoms with Gasteiger partial charge in [-0.15, -0.1) is 0 Å². The van der Waals surface area contributed by atoms with Crippen molar-refractivity contribution in [2.75, 3.05) is 0 Å². The highest BCUT2D eigenvalue weighted by molar-refractivity contribution is 5.93. The quantitative estimate of drug-likeness (QED) is 0.357. The standard InChI is InChI=1S/C25H26O7/c1-12(2)5-7-14-23-15(10-19(32-23)25(3,4)30)21(28)20-22(29)16(11-31-24(14)20)13-6-8-17(26)18(27)9-13/h5-6,8-9,11,19,26-28,30H,7,10H2,1-4H3/t19-/m0/s1. The summed E-state index contributed by atoms with van der Waals surface area (Å²) in [7, 11) is 0. The molecule has 7 heteroatoms. The first-order valence-corrected chi connectivity index (χ1v) is 10.4. The highest BCUT2D eigenvalue weighted by atomic mass is 16.5. The van der Waals surface area contributed by atoms with Gasteiger partial charge in [0.25, 0.3) is 0 Å². The highest BCUT2D eigenvalue weighted by Crippen LogP contribution is 2.46. The van der Waals surface area contributed by atoms with Crippen LogP contribution in [0.3, 0.4) is 0 Å². The van der Waals surface area contributed by atoms with Crippen LogP contribution >= 0.6 is 0 Å². The maximum Gasteiger partial charge on any atom is 0.204 e. The lowest BCUT2D eigenvalue weighted by Gasteiger charge is -2.24. The van der Waals surface area contributed by atoms with Gasteiger partial charge in [0, 0.05) is 17.5 Å². The number of hydrogen-bond acceptors (Lipinski definition) is 7. The summed E-state index contributed by atoms with van der Waals surface area (Å²) in [4.78, 5) is 13.4. The predicted octanol–water partition coefficient (Wildman–Crippen LogP) is 4.16. The van der Waals surface area contributed by atoms with E-state index in [4.69, 9.17) is 9.15 Å². The van der Waals surface area contributed by atoms with Gasteiger partial charge in [-0.3, -0.25) is 4.79 Å². The van der Waals surface area contributed by atoms with Crippen LogP contribution in [0.25, 0.3) is 22.1 Å². The van der Waals surface area contributed by atoms with Crippen molar-refractivity contribution in [1.29, 1.82) is 0 Å². The van der Waals surface area contributed by atoms with Gasteiger partial charge in [-0.05, 0) is 51.8 Å². The number of allylic oxidation sites excluding steroid dienone is 2. The molecule has 0 spiro atoms. The molecule has 3 aromatic rings. The summed E-state index contributed by atoms with van der Waals surface area (Å²) in [6.07, 6.45) is 3.32. The van der Waals surface area contributed by atoms with Gasteiger partial charge < -0.3 is 29.6 Å². The summed E-state index contributed by atoms with van der Waals surface area (Å²) < 4.78 is 11.9. The van der Waals surface area contributed by atoms with Gasteiger partial charge >= 0.3 is 0 Å². The van der Waals surface area contributed by atoms with Gasteiger partial charge in [0.1, 0.15) is 34.8 Å². The number of benzene rings is 2. The van der Waals surface area contributed by atoms with E-state index < -0.39 is 17.1 Å². The number of fused-ring (bicyclic) bond motifs is 2. The molecule has 0 amide bonds. The number of phenols is 3. The molecule has 0 aliphatic carbocycles. The predicted molar refractivity (Wildman–Crippen MR) is 120 cm³/mol. The minimum Gasteiger partial charge on any atom is -0.507 e. The molecule has 0 fully saturated rings. The van der Waals surface area contributed by atoms with Gasteiger partial charge in [0.2, 0.25) is 5.43 Å². The Bertz CT molecular complexity index is 1300. The number of hydrogen-bond donors (Lipinski definition) is 4. The molecule has 2 heterocycles. The van der Waals surface area contributed by atoms with Crippen molar-refractivity contribution < 1.29 is 29.6 Å². The Morgan fingerprint density at radius 1 is 1.19 bits per heavy atom. The van der Waals surface area contributed by atoms with Crippen molar-refractivity contribution in [1.82, 2.24) is 0 Å². The first-order valence-electron chi connectivity index (χ1n) is 10.4. The van der Waals surface area contributed by atoms with E-state index in [1.807, 2.05) is 19.9 Å². The summed E-state index contributed by atoms with van der Waals surface area (Å²) >= 11 is 0. The van der Waals surface area contributed by atoms with Crippen LogP contribution < -0.4 is 10.2 Å². The summed E-state index contributed by atoms with van der Waals surface area (Å²) in [5, 5.41) is 41.0. The fourth-order valence-corrected chi connectivity index (χ4v) is 3.93. The van der Waals surface area contributed by atoms with Crippen LogP contribution in [0.4, 0.5) is 0 Å². The molecule has 0 unspecified atom stereocenters. The largest absolute Gasteiger partial charge is 0.507 e. The fraction of sp³-hybridized carbons (Fsp3) is 0.320. The smallest absolute Gasteiger partial charge is 0.204 e. The number of aliphatic hydroxyl groups is 1. The third-order valence-electron chi connectivity index (χ3n) is 5.78. The van der Waals surface area contributed by atoms with Crippen LogP contribution in [0.1, 0.15) is 38.8 Å². The topological polar surface area (TPSA) is 120 Å². The molecule has 4 N–H and O–H groups in total. The van der Waals surface area contributed by atoms with Gasteiger partial charge in [-0.25, -0.2) is 0 Å². The SMILES string of the molecule is CC(C)=CCc1c2c(c(O)c3c(=O)c(-c4ccc(O)c(O)c4)coc13)C[C@@H](C(C)(C)O)O2. The molecule has 7 nitrogen and oxygen atoms in total. The van der Waals surface area contributed by atoms with Crippen molar-refractivity contribution in [3.8, 4) is 34.1 Å². The first-order chi connectivity index (χ1) is 15.0. The number of aromatic hydroxyl groups is 3. The zero-order valence-corrected chi connectivity index (χ0v) is 18.4. The minimum atomic E-state index is -1.16. The summed E-state index contributed by atoms with van der Waals surface area (Å²) in [6.45, 7) is 7.17. The van der Waals surface area contributed by atoms with Gasteiger partial charge in [0.05, 0.1) is 11.2 Å². The van der Waals surface area contributed by atoms with E-state index in [-0.39, 0.29) is 40.2 Å². The van der Waals surface area contributed by atoms with E-state index in [2.05, 4.69) is 0 Å². The van der Waals surface area contributed by atoms with Crippen molar-refractivity contribution in [3.05, 3.63) is 57.5 Å². The van der Waals surface area contributed by atoms with Crippen molar-refractivity contribution in [3.63, 3.8) is 0 Å². The maximum absolute atomic E-state index is 13.4. The van der Waals surface area contributed by atoms with Crippen molar-refractivity contribution in [2.24, 2.45) is 0 Å². The Morgan fingerprint density at radius 3 is 2.53 bits per heavy atom. The maximum atomic E-state index is 13.4. The number of rotatable bonds is 4. The summed E-state index contributed by atoms with van der Waals surface area (Å²) in [6, 6.07) is 4.02. The molecule has 1 aliphatic rings. The molecule has 32 heavy (non-hydrogen) atoms. The summed E-state index contributed by atoms with van der Waals surface area (Å²) in [5.41, 5.74) is 1.21. The highest BCUT2D eigenvalue weighted by Gasteiger charge is 2.39. The Hall–Kier alpha value is -3.45. The van der Waals surface area contributed by atoms with E-state index in [0.29, 0.717) is 28.9 Å². The molecule has 0 saturated carbocycles.